The number of nitrogens with one attached hydrogen (secondary N) is 1. The van der Waals surface area contributed by atoms with E-state index in [-0.39, 0.29) is 13.2 Å². The predicted octanol–water partition coefficient (Wildman–Crippen LogP) is 2.95. The Balaban J connectivity index is 0.000000401. The van der Waals surface area contributed by atoms with Crippen LogP contribution in [0.15, 0.2) is 35.4 Å². The molecule has 1 aromatic rings. The summed E-state index contributed by atoms with van der Waals surface area (Å²) in [4.78, 5) is 24.6. The van der Waals surface area contributed by atoms with Crippen LogP contribution in [0.1, 0.15) is 37.7 Å². The van der Waals surface area contributed by atoms with Crippen LogP contribution in [0.4, 0.5) is 4.79 Å². The Hall–Kier alpha value is -2.77. The minimum Gasteiger partial charge on any atom is -0.480 e. The lowest BCUT2D eigenvalue weighted by Gasteiger charge is -2.15. The molecule has 26 heavy (non-hydrogen) atoms. The fourth-order valence-electron chi connectivity index (χ4n) is 2.34. The Bertz CT molecular complexity index is 598. The molecule has 2 rings (SSSR count). The van der Waals surface area contributed by atoms with Gasteiger partial charge in [0.1, 0.15) is 12.6 Å². The van der Waals surface area contributed by atoms with Gasteiger partial charge in [0.2, 0.25) is 0 Å². The number of carboxylic acids is 1. The number of benzene rings is 1. The van der Waals surface area contributed by atoms with Crippen molar-refractivity contribution in [3.8, 4) is 0 Å². The van der Waals surface area contributed by atoms with Crippen LogP contribution in [-0.4, -0.2) is 35.8 Å². The lowest BCUT2D eigenvalue weighted by Crippen LogP contribution is -2.43. The summed E-state index contributed by atoms with van der Waals surface area (Å²) in [5, 5.41) is 14.0. The van der Waals surface area contributed by atoms with E-state index in [4.69, 9.17) is 21.1 Å². The van der Waals surface area contributed by atoms with Crippen LogP contribution in [0.3, 0.4) is 0 Å². The molecule has 0 heterocycles. The van der Waals surface area contributed by atoms with Crippen LogP contribution in [0.2, 0.25) is 0 Å². The van der Waals surface area contributed by atoms with E-state index >= 15 is 0 Å². The van der Waals surface area contributed by atoms with Gasteiger partial charge in [-0.05, 0) is 23.9 Å². The Morgan fingerprint density at radius 1 is 1.31 bits per heavy atom. The van der Waals surface area contributed by atoms with E-state index in [1.807, 2.05) is 6.07 Å². The van der Waals surface area contributed by atoms with E-state index in [2.05, 4.69) is 15.3 Å². The number of rotatable bonds is 6. The molecule has 1 aromatic carbocycles. The summed E-state index contributed by atoms with van der Waals surface area (Å²) in [6.45, 7) is -0.354. The van der Waals surface area contributed by atoms with Gasteiger partial charge in [-0.3, -0.25) is 0 Å². The highest BCUT2D eigenvalue weighted by Gasteiger charge is 2.19. The minimum atomic E-state index is -1.31. The highest BCUT2D eigenvalue weighted by Crippen LogP contribution is 2.14. The molecule has 0 saturated heterocycles. The summed E-state index contributed by atoms with van der Waals surface area (Å²) in [5.41, 5.74) is 14.5. The first-order valence-corrected chi connectivity index (χ1v) is 8.49. The quantitative estimate of drug-likeness (QED) is 0.403. The molecular formula is C17H25N5O4. The van der Waals surface area contributed by atoms with E-state index in [9.17, 15) is 9.59 Å². The Morgan fingerprint density at radius 3 is 2.46 bits per heavy atom. The van der Waals surface area contributed by atoms with Crippen molar-refractivity contribution in [1.29, 1.82) is 0 Å². The zero-order valence-corrected chi connectivity index (χ0v) is 14.6. The van der Waals surface area contributed by atoms with Gasteiger partial charge in [-0.15, -0.1) is 0 Å². The molecule has 0 aromatic heterocycles. The Kier molecular flexibility index (Phi) is 10.3. The number of ether oxygens (including phenoxy) is 1. The van der Waals surface area contributed by atoms with Gasteiger partial charge in [0.05, 0.1) is 6.54 Å². The molecule has 1 atom stereocenters. The number of aliphatic carboxylic acids is 1. The predicted molar refractivity (Wildman–Crippen MR) is 96.3 cm³/mol. The molecule has 9 nitrogen and oxygen atoms in total. The van der Waals surface area contributed by atoms with Crippen LogP contribution in [0.25, 0.3) is 10.4 Å². The normalized spacial score (nSPS) is 14.8. The van der Waals surface area contributed by atoms with Crippen LogP contribution in [0, 0.1) is 0 Å². The maximum atomic E-state index is 11.4. The smallest absolute Gasteiger partial charge is 0.408 e. The SMILES string of the molecule is NC1CCCCC1.[N-]=[N+]=NC[C@H](NC(=O)OCc1ccccc1)C(=O)O. The lowest BCUT2D eigenvalue weighted by molar-refractivity contribution is -0.139. The Morgan fingerprint density at radius 2 is 1.96 bits per heavy atom. The standard InChI is InChI=1S/C11H12N4O4.C6H13N/c12-15-13-6-9(10(16)17)14-11(18)19-7-8-4-2-1-3-5-8;7-6-4-2-1-3-5-6/h1-5,9H,6-7H2,(H,14,18)(H,16,17);6H,1-5,7H2/t9-;/m0./s1. The first-order valence-electron chi connectivity index (χ1n) is 8.49. The number of alkyl carbamates (subject to hydrolysis) is 1. The molecule has 0 unspecified atom stereocenters. The van der Waals surface area contributed by atoms with Crippen LogP contribution in [0.5, 0.6) is 0 Å². The van der Waals surface area contributed by atoms with Gasteiger partial charge in [-0.2, -0.15) is 0 Å². The molecular weight excluding hydrogens is 338 g/mol. The molecule has 1 amide bonds. The van der Waals surface area contributed by atoms with Crippen molar-refractivity contribution in [2.45, 2.75) is 50.8 Å². The van der Waals surface area contributed by atoms with Crippen LogP contribution >= 0.6 is 0 Å². The lowest BCUT2D eigenvalue weighted by atomic mass is 9.97. The second-order valence-corrected chi connectivity index (χ2v) is 5.91. The van der Waals surface area contributed by atoms with Gasteiger partial charge in [0.25, 0.3) is 0 Å². The fourth-order valence-corrected chi connectivity index (χ4v) is 2.34. The number of carboxylic acid groups (broad SMARTS) is 1. The molecule has 1 saturated carbocycles. The first-order chi connectivity index (χ1) is 12.5. The van der Waals surface area contributed by atoms with Gasteiger partial charge < -0.3 is 20.9 Å². The highest BCUT2D eigenvalue weighted by atomic mass is 16.5. The number of hydrogen-bond acceptors (Lipinski definition) is 5. The molecule has 1 aliphatic rings. The fraction of sp³-hybridized carbons (Fsp3) is 0.529. The summed E-state index contributed by atoms with van der Waals surface area (Å²) in [7, 11) is 0. The molecule has 1 aliphatic carbocycles. The van der Waals surface area contributed by atoms with E-state index in [0.717, 1.165) is 5.56 Å². The van der Waals surface area contributed by atoms with E-state index in [1.165, 1.54) is 32.1 Å². The maximum absolute atomic E-state index is 11.4. The van der Waals surface area contributed by atoms with Crippen LogP contribution < -0.4 is 11.1 Å². The molecule has 1 fully saturated rings. The molecule has 4 N–H and O–H groups in total. The van der Waals surface area contributed by atoms with Crippen LogP contribution in [-0.2, 0) is 16.1 Å². The number of carbonyl (C=O) groups is 2. The molecule has 0 aliphatic heterocycles. The van der Waals surface area contributed by atoms with Crippen molar-refractivity contribution in [2.75, 3.05) is 6.54 Å². The van der Waals surface area contributed by atoms with Crippen molar-refractivity contribution in [1.82, 2.24) is 5.32 Å². The largest absolute Gasteiger partial charge is 0.480 e. The number of nitrogens with two attached hydrogens (primary N) is 1. The zero-order valence-electron chi connectivity index (χ0n) is 14.6. The zero-order chi connectivity index (χ0) is 19.2. The number of nitrogens with zero attached hydrogens (tertiary/aromatic N) is 3. The maximum Gasteiger partial charge on any atom is 0.408 e. The Labute approximate surface area is 152 Å². The summed E-state index contributed by atoms with van der Waals surface area (Å²) >= 11 is 0. The topological polar surface area (TPSA) is 150 Å². The van der Waals surface area contributed by atoms with Crippen molar-refractivity contribution in [3.05, 3.63) is 46.3 Å². The van der Waals surface area contributed by atoms with E-state index < -0.39 is 18.1 Å². The third kappa shape index (κ3) is 9.51. The van der Waals surface area contributed by atoms with Gasteiger partial charge in [0, 0.05) is 11.0 Å². The highest BCUT2D eigenvalue weighted by molar-refractivity contribution is 5.80. The number of azide groups is 1. The second kappa shape index (κ2) is 12.6. The van der Waals surface area contributed by atoms with Crippen molar-refractivity contribution in [2.24, 2.45) is 10.8 Å². The molecule has 0 bridgehead atoms. The van der Waals surface area contributed by atoms with Gasteiger partial charge >= 0.3 is 12.1 Å². The number of amides is 1. The van der Waals surface area contributed by atoms with Gasteiger partial charge in [0.15, 0.2) is 0 Å². The van der Waals surface area contributed by atoms with Crippen molar-refractivity contribution < 1.29 is 19.4 Å². The molecule has 0 radical (unpaired) electrons. The average molecular weight is 363 g/mol. The number of hydrogen-bond donors (Lipinski definition) is 3. The molecule has 142 valence electrons. The van der Waals surface area contributed by atoms with Gasteiger partial charge in [-0.1, -0.05) is 54.7 Å². The number of carbonyl (C=O) groups excluding carboxylic acids is 1. The third-order valence-electron chi connectivity index (χ3n) is 3.78. The average Bonchev–Trinajstić information content (AvgIpc) is 2.65. The molecule has 9 heteroatoms. The van der Waals surface area contributed by atoms with Crippen molar-refractivity contribution >= 4 is 12.1 Å². The van der Waals surface area contributed by atoms with Gasteiger partial charge in [-0.25, -0.2) is 9.59 Å². The summed E-state index contributed by atoms with van der Waals surface area (Å²) in [6, 6.07) is 8.16. The third-order valence-corrected chi connectivity index (χ3v) is 3.78. The summed E-state index contributed by atoms with van der Waals surface area (Å²) in [5.74, 6) is -1.30. The second-order valence-electron chi connectivity index (χ2n) is 5.91. The van der Waals surface area contributed by atoms with Crippen molar-refractivity contribution in [3.63, 3.8) is 0 Å². The van der Waals surface area contributed by atoms with E-state index in [1.54, 1.807) is 24.3 Å². The minimum absolute atomic E-state index is 0.0283. The molecule has 0 spiro atoms. The summed E-state index contributed by atoms with van der Waals surface area (Å²) < 4.78 is 4.84. The van der Waals surface area contributed by atoms with E-state index in [0.29, 0.717) is 6.04 Å². The summed E-state index contributed by atoms with van der Waals surface area (Å²) in [6.07, 6.45) is 5.78. The first kappa shape index (κ1) is 21.3. The monoisotopic (exact) mass is 363 g/mol.